The fourth-order valence-corrected chi connectivity index (χ4v) is 4.15. The third-order valence-corrected chi connectivity index (χ3v) is 5.68. The van der Waals surface area contributed by atoms with E-state index < -0.39 is 6.29 Å². The Labute approximate surface area is 205 Å². The fraction of sp³-hybridized carbons (Fsp3) is 0.333. The monoisotopic (exact) mass is 498 g/mol. The highest BCUT2D eigenvalue weighted by Gasteiger charge is 2.44. The summed E-state index contributed by atoms with van der Waals surface area (Å²) in [6.07, 6.45) is -1.94. The van der Waals surface area contributed by atoms with Crippen molar-refractivity contribution in [3.63, 3.8) is 0 Å². The lowest BCUT2D eigenvalue weighted by Crippen LogP contribution is -2.26. The maximum absolute atomic E-state index is 13.4. The Hall–Kier alpha value is -4.22. The number of nitrogens with two attached hydrogens (primary N) is 1. The largest absolute Gasteiger partial charge is 0.586 e. The predicted octanol–water partition coefficient (Wildman–Crippen LogP) is 3.44. The molecule has 1 fully saturated rings. The molecule has 36 heavy (non-hydrogen) atoms. The molecule has 188 valence electrons. The van der Waals surface area contributed by atoms with Gasteiger partial charge in [-0.3, -0.25) is 4.79 Å². The van der Waals surface area contributed by atoms with Crippen molar-refractivity contribution in [2.45, 2.75) is 39.1 Å². The highest BCUT2D eigenvalue weighted by atomic mass is 19.3. The van der Waals surface area contributed by atoms with Gasteiger partial charge in [0.15, 0.2) is 17.3 Å². The van der Waals surface area contributed by atoms with E-state index in [2.05, 4.69) is 29.7 Å². The molecule has 0 spiro atoms. The number of amides is 1. The van der Waals surface area contributed by atoms with Gasteiger partial charge in [-0.05, 0) is 43.5 Å². The van der Waals surface area contributed by atoms with Crippen LogP contribution < -0.4 is 30.2 Å². The number of nitrogens with one attached hydrogen (secondary N) is 1. The molecule has 12 heteroatoms. The van der Waals surface area contributed by atoms with Crippen LogP contribution in [0.2, 0.25) is 0 Å². The van der Waals surface area contributed by atoms with Gasteiger partial charge in [0, 0.05) is 36.8 Å². The summed E-state index contributed by atoms with van der Waals surface area (Å²) in [6.45, 7) is 2.97. The third kappa shape index (κ3) is 5.21. The number of alkyl halides is 2. The highest BCUT2D eigenvalue weighted by Crippen LogP contribution is 2.43. The first-order valence-corrected chi connectivity index (χ1v) is 11.4. The Morgan fingerprint density at radius 1 is 1.19 bits per heavy atom. The minimum Gasteiger partial charge on any atom is -0.486 e. The van der Waals surface area contributed by atoms with E-state index in [1.165, 1.54) is 6.07 Å². The van der Waals surface area contributed by atoms with Crippen LogP contribution in [0.5, 0.6) is 17.2 Å². The maximum atomic E-state index is 13.4. The van der Waals surface area contributed by atoms with Gasteiger partial charge in [0.2, 0.25) is 17.8 Å². The quantitative estimate of drug-likeness (QED) is 0.480. The van der Waals surface area contributed by atoms with Gasteiger partial charge < -0.3 is 30.2 Å². The Bertz CT molecular complexity index is 1310. The van der Waals surface area contributed by atoms with Crippen LogP contribution in [-0.2, 0) is 17.8 Å². The van der Waals surface area contributed by atoms with Gasteiger partial charge in [-0.2, -0.15) is 15.0 Å². The molecule has 2 aliphatic rings. The molecule has 2 aromatic carbocycles. The zero-order chi connectivity index (χ0) is 25.3. The topological polar surface area (TPSA) is 125 Å². The van der Waals surface area contributed by atoms with Crippen LogP contribution in [0.25, 0.3) is 0 Å². The first-order chi connectivity index (χ1) is 17.3. The molecule has 5 rings (SSSR count). The van der Waals surface area contributed by atoms with E-state index in [-0.39, 0.29) is 35.9 Å². The molecular weight excluding hydrogens is 474 g/mol. The second-order valence-corrected chi connectivity index (χ2v) is 8.46. The van der Waals surface area contributed by atoms with Gasteiger partial charge >= 0.3 is 6.29 Å². The van der Waals surface area contributed by atoms with E-state index in [0.29, 0.717) is 43.1 Å². The molecular formula is C24H24F2N6O4. The lowest BCUT2D eigenvalue weighted by Gasteiger charge is -2.18. The number of nitrogens with zero attached hydrogens (tertiary/aromatic N) is 4. The summed E-state index contributed by atoms with van der Waals surface area (Å²) >= 11 is 0. The zero-order valence-electron chi connectivity index (χ0n) is 19.5. The van der Waals surface area contributed by atoms with E-state index in [1.807, 2.05) is 25.1 Å². The number of benzene rings is 2. The van der Waals surface area contributed by atoms with Crippen LogP contribution in [0.15, 0.2) is 36.4 Å². The van der Waals surface area contributed by atoms with E-state index in [1.54, 1.807) is 17.0 Å². The molecule has 1 saturated heterocycles. The number of nitrogen functional groups attached to an aromatic ring is 1. The van der Waals surface area contributed by atoms with Gasteiger partial charge in [-0.25, -0.2) is 0 Å². The summed E-state index contributed by atoms with van der Waals surface area (Å²) in [6, 6.07) is 10.3. The number of aryl methyl sites for hydroxylation is 1. The van der Waals surface area contributed by atoms with Gasteiger partial charge in [-0.15, -0.1) is 8.78 Å². The number of halogens is 2. The number of anilines is 3. The van der Waals surface area contributed by atoms with Crippen LogP contribution in [0, 0.1) is 6.92 Å². The van der Waals surface area contributed by atoms with Crippen molar-refractivity contribution in [1.29, 1.82) is 0 Å². The van der Waals surface area contributed by atoms with Gasteiger partial charge in [0.25, 0.3) is 0 Å². The molecule has 1 amide bonds. The van der Waals surface area contributed by atoms with Gasteiger partial charge in [-0.1, -0.05) is 12.1 Å². The number of hydrogen-bond donors (Lipinski definition) is 2. The Morgan fingerprint density at radius 2 is 2.06 bits per heavy atom. The minimum atomic E-state index is -3.68. The van der Waals surface area contributed by atoms with Crippen LogP contribution in [0.3, 0.4) is 0 Å². The molecule has 10 nitrogen and oxygen atoms in total. The first kappa shape index (κ1) is 23.5. The van der Waals surface area contributed by atoms with Crippen molar-refractivity contribution in [2.24, 2.45) is 0 Å². The van der Waals surface area contributed by atoms with Crippen LogP contribution in [0.1, 0.15) is 29.8 Å². The number of carbonyl (C=O) groups is 1. The van der Waals surface area contributed by atoms with Crippen molar-refractivity contribution in [1.82, 2.24) is 15.0 Å². The highest BCUT2D eigenvalue weighted by molar-refractivity contribution is 5.95. The summed E-state index contributed by atoms with van der Waals surface area (Å²) in [5.74, 6) is 1.23. The summed E-state index contributed by atoms with van der Waals surface area (Å²) < 4.78 is 41.8. The van der Waals surface area contributed by atoms with Crippen LogP contribution in [0.4, 0.5) is 26.4 Å². The Balaban J connectivity index is 1.22. The molecule has 0 aliphatic carbocycles. The van der Waals surface area contributed by atoms with Crippen molar-refractivity contribution in [3.05, 3.63) is 53.3 Å². The third-order valence-electron chi connectivity index (χ3n) is 5.68. The summed E-state index contributed by atoms with van der Waals surface area (Å²) in [4.78, 5) is 26.4. The van der Waals surface area contributed by atoms with Gasteiger partial charge in [0.05, 0.1) is 0 Å². The normalized spacial score (nSPS) is 15.9. The molecule has 0 bridgehead atoms. The Morgan fingerprint density at radius 3 is 2.86 bits per heavy atom. The first-order valence-electron chi connectivity index (χ1n) is 11.4. The van der Waals surface area contributed by atoms with E-state index >= 15 is 0 Å². The molecule has 0 atom stereocenters. The van der Waals surface area contributed by atoms with Crippen LogP contribution >= 0.6 is 0 Å². The van der Waals surface area contributed by atoms with Crippen molar-refractivity contribution < 1.29 is 27.8 Å². The second-order valence-electron chi connectivity index (χ2n) is 8.46. The predicted molar refractivity (Wildman–Crippen MR) is 126 cm³/mol. The molecule has 0 unspecified atom stereocenters. The van der Waals surface area contributed by atoms with Crippen LogP contribution in [-0.4, -0.2) is 40.2 Å². The molecule has 0 saturated carbocycles. The number of fused-ring (bicyclic) bond motifs is 1. The number of aromatic nitrogens is 3. The maximum Gasteiger partial charge on any atom is 0.586 e. The summed E-state index contributed by atoms with van der Waals surface area (Å²) in [7, 11) is 0. The lowest BCUT2D eigenvalue weighted by atomic mass is 10.1. The number of carbonyl (C=O) groups excluding carboxylic acids is 1. The molecule has 2 aliphatic heterocycles. The fourth-order valence-electron chi connectivity index (χ4n) is 4.15. The molecule has 1 aromatic heterocycles. The number of hydrogen-bond acceptors (Lipinski definition) is 9. The van der Waals surface area contributed by atoms with E-state index in [9.17, 15) is 13.6 Å². The average Bonchev–Trinajstić information content (AvgIpc) is 3.38. The smallest absolute Gasteiger partial charge is 0.486 e. The van der Waals surface area contributed by atoms with Crippen molar-refractivity contribution in [2.75, 3.05) is 29.0 Å². The number of para-hydroxylation sites is 1. The molecule has 3 aromatic rings. The molecule has 0 radical (unpaired) electrons. The second kappa shape index (κ2) is 9.44. The SMILES string of the molecule is Cc1cc(OCc2nc(N)nc(NCCc3cccc4c3OC(F)(F)O4)n2)cc(N2CCCC2=O)c1. The number of rotatable bonds is 8. The number of ether oxygens (including phenoxy) is 3. The van der Waals surface area contributed by atoms with E-state index in [4.69, 9.17) is 10.5 Å². The van der Waals surface area contributed by atoms with Crippen molar-refractivity contribution in [3.8, 4) is 17.2 Å². The molecule has 3 N–H and O–H groups in total. The molecule has 3 heterocycles. The average molecular weight is 498 g/mol. The van der Waals surface area contributed by atoms with Crippen molar-refractivity contribution >= 4 is 23.5 Å². The zero-order valence-corrected chi connectivity index (χ0v) is 19.5. The summed E-state index contributed by atoms with van der Waals surface area (Å²) in [5, 5.41) is 3.02. The standard InChI is InChI=1S/C24H24F2N6O4/c1-14-10-16(32-9-3-6-20(32)33)12-17(11-14)34-13-19-29-22(27)31-23(30-19)28-8-7-15-4-2-5-18-21(15)36-24(25,26)35-18/h2,4-5,10-12H,3,6-9,13H2,1H3,(H3,27,28,29,30,31). The summed E-state index contributed by atoms with van der Waals surface area (Å²) in [5.41, 5.74) is 8.14. The Kier molecular flexibility index (Phi) is 6.17. The van der Waals surface area contributed by atoms with Gasteiger partial charge in [0.1, 0.15) is 12.4 Å². The van der Waals surface area contributed by atoms with E-state index in [0.717, 1.165) is 17.7 Å². The lowest BCUT2D eigenvalue weighted by molar-refractivity contribution is -0.286. The minimum absolute atomic E-state index is 0.00487.